The number of likely N-dealkylation sites (N-methyl/N-ethyl adjacent to an activating group) is 7. The van der Waals surface area contributed by atoms with Crippen molar-refractivity contribution in [3.8, 4) is 0 Å². The van der Waals surface area contributed by atoms with Crippen LogP contribution < -0.4 is 16.0 Å². The van der Waals surface area contributed by atoms with Crippen LogP contribution in [-0.2, 0) is 57.5 Å². The van der Waals surface area contributed by atoms with Crippen molar-refractivity contribution in [2.45, 2.75) is 236 Å². The molecular formula is C63H112N10O12. The first kappa shape index (κ1) is 75.4. The Balaban J connectivity index is 2.98. The largest absolute Gasteiger partial charge is 0.375 e. The van der Waals surface area contributed by atoms with Gasteiger partial charge in [0.05, 0.1) is 12.1 Å². The molecule has 13 atom stereocenters. The lowest BCUT2D eigenvalue weighted by molar-refractivity contribution is -0.157. The standard InChI is InChI=1S/C63H112N10O12/c1-25-43-58(79)67(18)44(26-2)59(80)68(19)46(30-35(5)6)55(76)66-50(38(11)12)62(83)69(20)45(29-34(3)4)54(75)64-42(17)49(74)33-41(16)57(78)70(21)47(31-36(7)8)60(81)71(22)48(32-37(9)10)61(82)72(23)51(39(13)14)63(84)73(24)52(56(77)65-43)53-40(15)27-28-85-53/h34-48,50-53H,25-33H2,1-24H3,(H,64,75)(H,65,77)(H,66,76)/t40-,41+,42-,43-,44-,45-,46+,47-,48-,50-,51-,52-,53-/m1/s1. The smallest absolute Gasteiger partial charge is 0.246 e. The number of ether oxygens (including phenoxy) is 1. The maximum Gasteiger partial charge on any atom is 0.246 e. The van der Waals surface area contributed by atoms with Gasteiger partial charge in [-0.05, 0) is 93.3 Å². The van der Waals surface area contributed by atoms with Crippen molar-refractivity contribution in [2.24, 2.45) is 47.3 Å². The third-order valence-corrected chi connectivity index (χ3v) is 17.2. The highest BCUT2D eigenvalue weighted by Crippen LogP contribution is 2.29. The third kappa shape index (κ3) is 19.7. The van der Waals surface area contributed by atoms with Crippen molar-refractivity contribution >= 4 is 64.9 Å². The zero-order valence-electron chi connectivity index (χ0n) is 56.4. The molecule has 22 nitrogen and oxygen atoms in total. The van der Waals surface area contributed by atoms with Gasteiger partial charge in [0.25, 0.3) is 0 Å². The molecule has 0 aromatic carbocycles. The van der Waals surface area contributed by atoms with Crippen LogP contribution in [0, 0.1) is 47.3 Å². The van der Waals surface area contributed by atoms with E-state index in [2.05, 4.69) is 16.0 Å². The van der Waals surface area contributed by atoms with Gasteiger partial charge in [0, 0.05) is 68.3 Å². The van der Waals surface area contributed by atoms with Gasteiger partial charge in [-0.3, -0.25) is 52.7 Å². The fourth-order valence-electron chi connectivity index (χ4n) is 11.8. The molecule has 0 radical (unpaired) electrons. The van der Waals surface area contributed by atoms with Gasteiger partial charge in [-0.1, -0.05) is 111 Å². The number of hydrogen-bond acceptors (Lipinski definition) is 12. The second-order valence-corrected chi connectivity index (χ2v) is 26.9. The van der Waals surface area contributed by atoms with E-state index in [1.165, 1.54) is 90.6 Å². The second-order valence-electron chi connectivity index (χ2n) is 26.9. The Kier molecular flexibility index (Phi) is 29.7. The van der Waals surface area contributed by atoms with Crippen molar-refractivity contribution in [1.82, 2.24) is 50.2 Å². The van der Waals surface area contributed by atoms with Crippen LogP contribution in [0.3, 0.4) is 0 Å². The van der Waals surface area contributed by atoms with Crippen LogP contribution in [0.5, 0.6) is 0 Å². The highest BCUT2D eigenvalue weighted by Gasteiger charge is 2.47. The minimum absolute atomic E-state index is 0.0887. The second kappa shape index (κ2) is 33.5. The van der Waals surface area contributed by atoms with E-state index in [1.807, 2.05) is 62.3 Å². The van der Waals surface area contributed by atoms with Gasteiger partial charge in [0.15, 0.2) is 5.78 Å². The molecule has 2 fully saturated rings. The SMILES string of the molecule is CC[C@@H]1C(=O)N(C)[C@@H](CC(C)C)C(=O)N[C@H](C(C)C)C(=O)N(C)[C@H](CC(C)C)C(=O)N[C@H](C)C(=O)C[C@H](C)C(=O)N(C)[C@H](CC(C)C)C(=O)N(C)[C@H](CC(C)C)C(=O)N(C)[C@H](C(C)C)C(=O)N(C)[C@H]([C@@H]2OCC[C@H]2C)C(=O)N[C@H](CC)C(=O)N1C. The number of amides is 10. The fourth-order valence-corrected chi connectivity index (χ4v) is 11.8. The first-order valence-corrected chi connectivity index (χ1v) is 31.2. The Bertz CT molecular complexity index is 2330. The lowest BCUT2D eigenvalue weighted by Gasteiger charge is -2.41. The minimum Gasteiger partial charge on any atom is -0.375 e. The van der Waals surface area contributed by atoms with E-state index in [1.54, 1.807) is 48.5 Å². The van der Waals surface area contributed by atoms with Crippen molar-refractivity contribution in [3.63, 3.8) is 0 Å². The molecule has 10 amide bonds. The average molecular weight is 1200 g/mol. The van der Waals surface area contributed by atoms with Gasteiger partial charge in [0.1, 0.15) is 54.4 Å². The van der Waals surface area contributed by atoms with Crippen LogP contribution in [-0.4, -0.2) is 222 Å². The van der Waals surface area contributed by atoms with Gasteiger partial charge < -0.3 is 55.0 Å². The highest BCUT2D eigenvalue weighted by atomic mass is 16.5. The molecule has 0 aromatic heterocycles. The summed E-state index contributed by atoms with van der Waals surface area (Å²) in [6, 6.07) is -11.4. The molecule has 0 saturated carbocycles. The Hall–Kier alpha value is -5.67. The summed E-state index contributed by atoms with van der Waals surface area (Å²) in [5.41, 5.74) is 0. The van der Waals surface area contributed by atoms with Crippen molar-refractivity contribution in [2.75, 3.05) is 55.9 Å². The minimum atomic E-state index is -1.29. The predicted octanol–water partition coefficient (Wildman–Crippen LogP) is 4.60. The summed E-state index contributed by atoms with van der Waals surface area (Å²) in [6.07, 6.45) is 0.444. The molecule has 2 rings (SSSR count). The Morgan fingerprint density at radius 1 is 0.435 bits per heavy atom. The van der Waals surface area contributed by atoms with E-state index in [4.69, 9.17) is 4.74 Å². The number of Topliss-reactive ketones (excluding diaryl/α,β-unsaturated/α-hetero) is 1. The molecule has 3 N–H and O–H groups in total. The van der Waals surface area contributed by atoms with Crippen LogP contribution in [0.2, 0.25) is 0 Å². The molecule has 486 valence electrons. The molecule has 2 saturated heterocycles. The molecule has 0 unspecified atom stereocenters. The zero-order valence-corrected chi connectivity index (χ0v) is 56.4. The molecule has 0 spiro atoms. The van der Waals surface area contributed by atoms with Crippen LogP contribution in [0.1, 0.15) is 169 Å². The normalized spacial score (nSPS) is 29.7. The summed E-state index contributed by atoms with van der Waals surface area (Å²) in [6.45, 7) is 30.9. The molecule has 85 heavy (non-hydrogen) atoms. The Morgan fingerprint density at radius 3 is 1.27 bits per heavy atom. The molecule has 0 bridgehead atoms. The van der Waals surface area contributed by atoms with E-state index in [9.17, 15) is 43.2 Å². The van der Waals surface area contributed by atoms with Gasteiger partial charge in [-0.25, -0.2) is 0 Å². The first-order chi connectivity index (χ1) is 39.3. The van der Waals surface area contributed by atoms with E-state index in [0.29, 0.717) is 13.0 Å². The lowest BCUT2D eigenvalue weighted by atomic mass is 9.93. The maximum absolute atomic E-state index is 15.2. The number of ketones is 1. The number of carbonyl (C=O) groups is 11. The summed E-state index contributed by atoms with van der Waals surface area (Å²) in [5, 5.41) is 8.59. The number of nitrogens with zero attached hydrogens (tertiary/aromatic N) is 7. The van der Waals surface area contributed by atoms with Crippen molar-refractivity contribution < 1.29 is 57.5 Å². The third-order valence-electron chi connectivity index (χ3n) is 17.2. The number of rotatable bonds is 13. The molecule has 2 aliphatic rings. The molecule has 2 aliphatic heterocycles. The molecule has 22 heteroatoms. The van der Waals surface area contributed by atoms with E-state index in [-0.39, 0.29) is 74.5 Å². The maximum atomic E-state index is 15.2. The summed E-state index contributed by atoms with van der Waals surface area (Å²) in [4.78, 5) is 171. The van der Waals surface area contributed by atoms with Gasteiger partial charge in [-0.15, -0.1) is 0 Å². The Labute approximate surface area is 509 Å². The van der Waals surface area contributed by atoms with Crippen molar-refractivity contribution in [1.29, 1.82) is 0 Å². The molecule has 0 aromatic rings. The van der Waals surface area contributed by atoms with Gasteiger partial charge in [0.2, 0.25) is 59.1 Å². The van der Waals surface area contributed by atoms with Crippen LogP contribution in [0.25, 0.3) is 0 Å². The quantitative estimate of drug-likeness (QED) is 0.229. The summed E-state index contributed by atoms with van der Waals surface area (Å²) >= 11 is 0. The van der Waals surface area contributed by atoms with E-state index >= 15 is 9.59 Å². The monoisotopic (exact) mass is 1200 g/mol. The zero-order chi connectivity index (χ0) is 65.6. The van der Waals surface area contributed by atoms with E-state index < -0.39 is 149 Å². The summed E-state index contributed by atoms with van der Waals surface area (Å²) in [5.74, 6) is -8.96. The first-order valence-electron chi connectivity index (χ1n) is 31.2. The highest BCUT2D eigenvalue weighted by molar-refractivity contribution is 6.00. The molecular weight excluding hydrogens is 1090 g/mol. The topological polar surface area (TPSA) is 256 Å². The van der Waals surface area contributed by atoms with Crippen molar-refractivity contribution in [3.05, 3.63) is 0 Å². The molecule has 2 heterocycles. The molecule has 0 aliphatic carbocycles. The number of nitrogens with one attached hydrogen (secondary N) is 3. The fraction of sp³-hybridized carbons (Fsp3) is 0.825. The number of carbonyl (C=O) groups excluding carboxylic acids is 11. The number of hydrogen-bond donors (Lipinski definition) is 3. The van der Waals surface area contributed by atoms with Crippen LogP contribution in [0.4, 0.5) is 0 Å². The van der Waals surface area contributed by atoms with E-state index in [0.717, 1.165) is 0 Å². The van der Waals surface area contributed by atoms with Gasteiger partial charge in [-0.2, -0.15) is 0 Å². The summed E-state index contributed by atoms with van der Waals surface area (Å²) < 4.78 is 6.20. The predicted molar refractivity (Wildman–Crippen MR) is 328 cm³/mol. The van der Waals surface area contributed by atoms with Crippen LogP contribution in [0.15, 0.2) is 0 Å². The van der Waals surface area contributed by atoms with Gasteiger partial charge >= 0.3 is 0 Å². The Morgan fingerprint density at radius 2 is 0.847 bits per heavy atom. The lowest BCUT2D eigenvalue weighted by Crippen LogP contribution is -2.63. The average Bonchev–Trinajstić information content (AvgIpc) is 4.00. The summed E-state index contributed by atoms with van der Waals surface area (Å²) in [7, 11) is 10.4. The van der Waals surface area contributed by atoms with Crippen LogP contribution >= 0.6 is 0 Å².